The first-order chi connectivity index (χ1) is 9.61. The van der Waals surface area contributed by atoms with Gasteiger partial charge < -0.3 is 5.32 Å². The van der Waals surface area contributed by atoms with Crippen LogP contribution in [0.1, 0.15) is 28.4 Å². The van der Waals surface area contributed by atoms with Crippen LogP contribution in [-0.4, -0.2) is 5.91 Å². The Bertz CT molecular complexity index is 628. The molecule has 0 radical (unpaired) electrons. The van der Waals surface area contributed by atoms with Gasteiger partial charge in [0.15, 0.2) is 0 Å². The Hall–Kier alpha value is -1.68. The first-order valence-corrected chi connectivity index (χ1v) is 7.21. The third-order valence-electron chi connectivity index (χ3n) is 3.09. The van der Waals surface area contributed by atoms with E-state index in [0.29, 0.717) is 11.1 Å². The summed E-state index contributed by atoms with van der Waals surface area (Å²) in [6, 6.07) is 12.1. The molecule has 2 aromatic carbocycles. The zero-order chi connectivity index (χ0) is 14.5. The van der Waals surface area contributed by atoms with Gasteiger partial charge in [-0.2, -0.15) is 0 Å². The topological polar surface area (TPSA) is 29.1 Å². The Morgan fingerprint density at radius 2 is 1.95 bits per heavy atom. The summed E-state index contributed by atoms with van der Waals surface area (Å²) in [5.74, 6) is -0.501. The molecule has 2 nitrogen and oxygen atoms in total. The van der Waals surface area contributed by atoms with Crippen LogP contribution in [0.5, 0.6) is 0 Å². The first kappa shape index (κ1) is 14.7. The lowest BCUT2D eigenvalue weighted by atomic mass is 10.0. The Labute approximate surface area is 126 Å². The zero-order valence-electron chi connectivity index (χ0n) is 11.1. The van der Waals surface area contributed by atoms with E-state index < -0.39 is 0 Å². The quantitative estimate of drug-likeness (QED) is 0.896. The van der Waals surface area contributed by atoms with Crippen molar-refractivity contribution in [1.29, 1.82) is 0 Å². The van der Waals surface area contributed by atoms with Gasteiger partial charge in [0, 0.05) is 22.1 Å². The summed E-state index contributed by atoms with van der Waals surface area (Å²) in [5.41, 5.74) is 2.09. The average Bonchev–Trinajstić information content (AvgIpc) is 2.47. The van der Waals surface area contributed by atoms with E-state index in [1.54, 1.807) is 18.2 Å². The number of benzene rings is 2. The van der Waals surface area contributed by atoms with Crippen molar-refractivity contribution in [3.8, 4) is 0 Å². The second-order valence-corrected chi connectivity index (χ2v) is 5.34. The van der Waals surface area contributed by atoms with Gasteiger partial charge in [-0.3, -0.25) is 4.79 Å². The highest BCUT2D eigenvalue weighted by Gasteiger charge is 2.10. The van der Waals surface area contributed by atoms with Gasteiger partial charge >= 0.3 is 0 Å². The number of hydrogen-bond donors (Lipinski definition) is 1. The van der Waals surface area contributed by atoms with Gasteiger partial charge in [-0.05, 0) is 36.2 Å². The third kappa shape index (κ3) is 3.45. The van der Waals surface area contributed by atoms with E-state index in [0.717, 1.165) is 16.5 Å². The van der Waals surface area contributed by atoms with E-state index in [9.17, 15) is 9.18 Å². The van der Waals surface area contributed by atoms with Crippen LogP contribution in [0.4, 0.5) is 4.39 Å². The van der Waals surface area contributed by atoms with E-state index in [2.05, 4.69) is 21.2 Å². The Balaban J connectivity index is 2.11. The van der Waals surface area contributed by atoms with Crippen LogP contribution in [0.15, 0.2) is 46.9 Å². The summed E-state index contributed by atoms with van der Waals surface area (Å²) in [4.78, 5) is 12.1. The molecule has 4 heteroatoms. The van der Waals surface area contributed by atoms with Gasteiger partial charge in [0.1, 0.15) is 5.82 Å². The maximum absolute atomic E-state index is 13.6. The summed E-state index contributed by atoms with van der Waals surface area (Å²) in [7, 11) is 0. The molecule has 0 spiro atoms. The molecule has 0 aliphatic heterocycles. The highest BCUT2D eigenvalue weighted by molar-refractivity contribution is 9.10. The second-order valence-electron chi connectivity index (χ2n) is 4.43. The molecule has 0 fully saturated rings. The van der Waals surface area contributed by atoms with Crippen LogP contribution in [0, 0.1) is 5.82 Å². The summed E-state index contributed by atoms with van der Waals surface area (Å²) in [6.07, 6.45) is 0.787. The number of rotatable bonds is 4. The molecule has 0 bridgehead atoms. The number of nitrogens with one attached hydrogen (secondary N) is 1. The van der Waals surface area contributed by atoms with Gasteiger partial charge in [-0.1, -0.05) is 41.1 Å². The molecule has 0 unspecified atom stereocenters. The lowest BCUT2D eigenvalue weighted by Crippen LogP contribution is -2.24. The van der Waals surface area contributed by atoms with Gasteiger partial charge in [-0.15, -0.1) is 0 Å². The van der Waals surface area contributed by atoms with Crippen LogP contribution < -0.4 is 5.32 Å². The largest absolute Gasteiger partial charge is 0.348 e. The normalized spacial score (nSPS) is 10.3. The molecule has 0 saturated carbocycles. The summed E-state index contributed by atoms with van der Waals surface area (Å²) in [5, 5.41) is 2.76. The number of halogens is 2. The molecule has 0 aromatic heterocycles. The number of carbonyl (C=O) groups excluding carboxylic acids is 1. The molecule has 0 atom stereocenters. The SMILES string of the molecule is CCc1ccccc1C(=O)NCc1cc(Br)ccc1F. The fraction of sp³-hybridized carbons (Fsp3) is 0.188. The molecule has 0 saturated heterocycles. The number of carbonyl (C=O) groups is 1. The minimum Gasteiger partial charge on any atom is -0.348 e. The van der Waals surface area contributed by atoms with Gasteiger partial charge in [0.2, 0.25) is 0 Å². The number of amides is 1. The predicted octanol–water partition coefficient (Wildman–Crippen LogP) is 4.08. The maximum Gasteiger partial charge on any atom is 0.251 e. The highest BCUT2D eigenvalue weighted by Crippen LogP contribution is 2.16. The van der Waals surface area contributed by atoms with E-state index in [-0.39, 0.29) is 18.3 Å². The van der Waals surface area contributed by atoms with Crippen LogP contribution in [0.25, 0.3) is 0 Å². The molecule has 20 heavy (non-hydrogen) atoms. The molecular formula is C16H15BrFNO. The molecule has 1 N–H and O–H groups in total. The van der Waals surface area contributed by atoms with Crippen LogP contribution >= 0.6 is 15.9 Å². The van der Waals surface area contributed by atoms with E-state index >= 15 is 0 Å². The highest BCUT2D eigenvalue weighted by atomic mass is 79.9. The smallest absolute Gasteiger partial charge is 0.251 e. The fourth-order valence-corrected chi connectivity index (χ4v) is 2.41. The molecule has 2 rings (SSSR count). The molecule has 104 valence electrons. The molecule has 0 aliphatic carbocycles. The minimum absolute atomic E-state index is 0.169. The minimum atomic E-state index is -0.322. The second kappa shape index (κ2) is 6.66. The van der Waals surface area contributed by atoms with Crippen molar-refractivity contribution in [3.05, 3.63) is 69.4 Å². The van der Waals surface area contributed by atoms with Gasteiger partial charge in [-0.25, -0.2) is 4.39 Å². The van der Waals surface area contributed by atoms with Crippen LogP contribution in [0.2, 0.25) is 0 Å². The number of hydrogen-bond acceptors (Lipinski definition) is 1. The Kier molecular flexibility index (Phi) is 4.90. The third-order valence-corrected chi connectivity index (χ3v) is 3.58. The van der Waals surface area contributed by atoms with Crippen molar-refractivity contribution < 1.29 is 9.18 Å². The standard InChI is InChI=1S/C16H15BrFNO/c1-2-11-5-3-4-6-14(11)16(20)19-10-12-9-13(17)7-8-15(12)18/h3-9H,2,10H2,1H3,(H,19,20). The maximum atomic E-state index is 13.6. The summed E-state index contributed by atoms with van der Waals surface area (Å²) in [6.45, 7) is 2.17. The van der Waals surface area contributed by atoms with E-state index in [1.165, 1.54) is 6.07 Å². The van der Waals surface area contributed by atoms with Crippen molar-refractivity contribution in [1.82, 2.24) is 5.32 Å². The first-order valence-electron chi connectivity index (χ1n) is 6.42. The van der Waals surface area contributed by atoms with Crippen molar-refractivity contribution in [3.63, 3.8) is 0 Å². The summed E-state index contributed by atoms with van der Waals surface area (Å²) < 4.78 is 14.4. The van der Waals surface area contributed by atoms with Crippen molar-refractivity contribution in [2.24, 2.45) is 0 Å². The Morgan fingerprint density at radius 1 is 1.20 bits per heavy atom. The van der Waals surface area contributed by atoms with Gasteiger partial charge in [0.05, 0.1) is 0 Å². The molecule has 0 aliphatic rings. The number of aryl methyl sites for hydroxylation is 1. The van der Waals surface area contributed by atoms with Gasteiger partial charge in [0.25, 0.3) is 5.91 Å². The fourth-order valence-electron chi connectivity index (χ4n) is 2.00. The predicted molar refractivity (Wildman–Crippen MR) is 81.1 cm³/mol. The summed E-state index contributed by atoms with van der Waals surface area (Å²) >= 11 is 3.29. The van der Waals surface area contributed by atoms with Crippen molar-refractivity contribution in [2.75, 3.05) is 0 Å². The van der Waals surface area contributed by atoms with Crippen molar-refractivity contribution >= 4 is 21.8 Å². The zero-order valence-corrected chi connectivity index (χ0v) is 12.7. The molecular weight excluding hydrogens is 321 g/mol. The Morgan fingerprint density at radius 3 is 2.70 bits per heavy atom. The molecule has 2 aromatic rings. The van der Waals surface area contributed by atoms with E-state index in [1.807, 2.05) is 25.1 Å². The lowest BCUT2D eigenvalue weighted by molar-refractivity contribution is 0.0949. The molecule has 0 heterocycles. The van der Waals surface area contributed by atoms with E-state index in [4.69, 9.17) is 0 Å². The average molecular weight is 336 g/mol. The van der Waals surface area contributed by atoms with Crippen LogP contribution in [-0.2, 0) is 13.0 Å². The van der Waals surface area contributed by atoms with Crippen LogP contribution in [0.3, 0.4) is 0 Å². The van der Waals surface area contributed by atoms with Crippen molar-refractivity contribution in [2.45, 2.75) is 19.9 Å². The lowest BCUT2D eigenvalue weighted by Gasteiger charge is -2.09. The monoisotopic (exact) mass is 335 g/mol. The molecule has 1 amide bonds.